The first kappa shape index (κ1) is 10.2. The molecular formula is C12H12N4. The lowest BCUT2D eigenvalue weighted by atomic mass is 10.1. The van der Waals surface area contributed by atoms with Gasteiger partial charge in [-0.2, -0.15) is 10.4 Å². The number of aryl methyl sites for hydroxylation is 1. The second kappa shape index (κ2) is 4.49. The molecule has 80 valence electrons. The van der Waals surface area contributed by atoms with Gasteiger partial charge in [-0.1, -0.05) is 6.07 Å². The topological polar surface area (TPSA) is 64.5 Å². The van der Waals surface area contributed by atoms with Gasteiger partial charge in [0.2, 0.25) is 0 Å². The highest BCUT2D eigenvalue weighted by Crippen LogP contribution is 2.17. The van der Waals surface area contributed by atoms with Crippen molar-refractivity contribution in [3.05, 3.63) is 47.3 Å². The fourth-order valence-electron chi connectivity index (χ4n) is 1.47. The van der Waals surface area contributed by atoms with Crippen molar-refractivity contribution in [2.45, 2.75) is 13.5 Å². The summed E-state index contributed by atoms with van der Waals surface area (Å²) in [6.45, 7) is 2.67. The van der Waals surface area contributed by atoms with Gasteiger partial charge in [0.15, 0.2) is 0 Å². The van der Waals surface area contributed by atoms with Crippen LogP contribution >= 0.6 is 0 Å². The lowest BCUT2D eigenvalue weighted by Crippen LogP contribution is -2.00. The minimum atomic E-state index is 0.661. The normalized spacial score (nSPS) is 9.75. The molecule has 4 nitrogen and oxygen atoms in total. The lowest BCUT2D eigenvalue weighted by molar-refractivity contribution is 1.09. The van der Waals surface area contributed by atoms with Crippen molar-refractivity contribution in [2.24, 2.45) is 0 Å². The van der Waals surface area contributed by atoms with Gasteiger partial charge in [0.1, 0.15) is 6.07 Å². The molecule has 0 saturated heterocycles. The molecule has 0 radical (unpaired) electrons. The maximum atomic E-state index is 8.96. The maximum Gasteiger partial charge on any atom is 0.101 e. The number of aromatic nitrogens is 2. The molecule has 1 heterocycles. The largest absolute Gasteiger partial charge is 0.380 e. The molecule has 0 fully saturated rings. The van der Waals surface area contributed by atoms with Crippen molar-refractivity contribution < 1.29 is 0 Å². The monoisotopic (exact) mass is 212 g/mol. The molecule has 2 N–H and O–H groups in total. The zero-order valence-corrected chi connectivity index (χ0v) is 8.99. The van der Waals surface area contributed by atoms with Crippen LogP contribution in [0.4, 0.5) is 5.69 Å². The fourth-order valence-corrected chi connectivity index (χ4v) is 1.47. The number of nitrogens with one attached hydrogen (secondary N) is 2. The van der Waals surface area contributed by atoms with Crippen LogP contribution in [-0.4, -0.2) is 10.2 Å². The molecule has 0 aliphatic heterocycles. The van der Waals surface area contributed by atoms with E-state index in [-0.39, 0.29) is 0 Å². The number of nitriles is 1. The van der Waals surface area contributed by atoms with Crippen molar-refractivity contribution in [3.63, 3.8) is 0 Å². The van der Waals surface area contributed by atoms with E-state index >= 15 is 0 Å². The van der Waals surface area contributed by atoms with Crippen LogP contribution in [0, 0.1) is 18.3 Å². The SMILES string of the molecule is Cc1ccc(C#N)c(NCc2cn[nH]c2)c1. The lowest BCUT2D eigenvalue weighted by Gasteiger charge is -2.07. The van der Waals surface area contributed by atoms with E-state index in [4.69, 9.17) is 5.26 Å². The van der Waals surface area contributed by atoms with Crippen LogP contribution in [0.5, 0.6) is 0 Å². The number of anilines is 1. The van der Waals surface area contributed by atoms with Crippen LogP contribution in [0.2, 0.25) is 0 Å². The third-order valence-electron chi connectivity index (χ3n) is 2.33. The Balaban J connectivity index is 2.15. The van der Waals surface area contributed by atoms with Crippen LogP contribution in [-0.2, 0) is 6.54 Å². The molecule has 0 unspecified atom stereocenters. The highest BCUT2D eigenvalue weighted by Gasteiger charge is 2.02. The molecule has 16 heavy (non-hydrogen) atoms. The van der Waals surface area contributed by atoms with Crippen molar-refractivity contribution in [3.8, 4) is 6.07 Å². The standard InChI is InChI=1S/C12H12N4/c1-9-2-3-11(5-13)12(4-9)14-6-10-7-15-16-8-10/h2-4,7-8,14H,6H2,1H3,(H,15,16). The Bertz CT molecular complexity index is 508. The third kappa shape index (κ3) is 2.20. The summed E-state index contributed by atoms with van der Waals surface area (Å²) in [6.07, 6.45) is 3.59. The van der Waals surface area contributed by atoms with E-state index in [1.165, 1.54) is 0 Å². The summed E-state index contributed by atoms with van der Waals surface area (Å²) in [7, 11) is 0. The molecule has 0 bridgehead atoms. The van der Waals surface area contributed by atoms with Crippen LogP contribution in [0.25, 0.3) is 0 Å². The minimum Gasteiger partial charge on any atom is -0.380 e. The van der Waals surface area contributed by atoms with Crippen LogP contribution in [0.3, 0.4) is 0 Å². The average molecular weight is 212 g/mol. The van der Waals surface area contributed by atoms with E-state index in [2.05, 4.69) is 21.6 Å². The number of H-pyrrole nitrogens is 1. The average Bonchev–Trinajstić information content (AvgIpc) is 2.79. The maximum absolute atomic E-state index is 8.96. The second-order valence-electron chi connectivity index (χ2n) is 3.62. The summed E-state index contributed by atoms with van der Waals surface area (Å²) >= 11 is 0. The van der Waals surface area contributed by atoms with Gasteiger partial charge < -0.3 is 5.32 Å². The number of rotatable bonds is 3. The minimum absolute atomic E-state index is 0.661. The molecule has 1 aromatic heterocycles. The highest BCUT2D eigenvalue weighted by molar-refractivity contribution is 5.58. The smallest absolute Gasteiger partial charge is 0.101 e. The first-order valence-electron chi connectivity index (χ1n) is 5.02. The van der Waals surface area contributed by atoms with Gasteiger partial charge >= 0.3 is 0 Å². The van der Waals surface area contributed by atoms with Gasteiger partial charge in [-0.15, -0.1) is 0 Å². The molecular weight excluding hydrogens is 200 g/mol. The van der Waals surface area contributed by atoms with E-state index in [0.29, 0.717) is 12.1 Å². The zero-order chi connectivity index (χ0) is 11.4. The van der Waals surface area contributed by atoms with Crippen molar-refractivity contribution in [1.82, 2.24) is 10.2 Å². The van der Waals surface area contributed by atoms with Gasteiger partial charge in [-0.05, 0) is 24.6 Å². The summed E-state index contributed by atoms with van der Waals surface area (Å²) in [4.78, 5) is 0. The number of hydrogen-bond donors (Lipinski definition) is 2. The fraction of sp³-hybridized carbons (Fsp3) is 0.167. The number of aromatic amines is 1. The van der Waals surface area contributed by atoms with E-state index in [1.54, 1.807) is 6.20 Å². The summed E-state index contributed by atoms with van der Waals surface area (Å²) in [5.74, 6) is 0. The van der Waals surface area contributed by atoms with E-state index < -0.39 is 0 Å². The van der Waals surface area contributed by atoms with Crippen molar-refractivity contribution in [1.29, 1.82) is 5.26 Å². The molecule has 0 aliphatic rings. The second-order valence-corrected chi connectivity index (χ2v) is 3.62. The molecule has 4 heteroatoms. The Labute approximate surface area is 93.9 Å². The zero-order valence-electron chi connectivity index (χ0n) is 8.99. The Hall–Kier alpha value is -2.28. The Kier molecular flexibility index (Phi) is 2.88. The molecule has 0 saturated carbocycles. The first-order chi connectivity index (χ1) is 7.79. The quantitative estimate of drug-likeness (QED) is 0.819. The van der Waals surface area contributed by atoms with Gasteiger partial charge in [0, 0.05) is 18.3 Å². The van der Waals surface area contributed by atoms with E-state index in [0.717, 1.165) is 16.8 Å². The summed E-state index contributed by atoms with van der Waals surface area (Å²) < 4.78 is 0. The Morgan fingerprint density at radius 3 is 3.06 bits per heavy atom. The van der Waals surface area contributed by atoms with Crippen LogP contribution in [0.15, 0.2) is 30.6 Å². The van der Waals surface area contributed by atoms with Gasteiger partial charge in [-0.3, -0.25) is 5.10 Å². The summed E-state index contributed by atoms with van der Waals surface area (Å²) in [5, 5.41) is 18.8. The molecule has 1 aromatic carbocycles. The highest BCUT2D eigenvalue weighted by atomic mass is 15.1. The molecule has 0 atom stereocenters. The molecule has 0 spiro atoms. The van der Waals surface area contributed by atoms with Crippen molar-refractivity contribution >= 4 is 5.69 Å². The number of hydrogen-bond acceptors (Lipinski definition) is 3. The van der Waals surface area contributed by atoms with Crippen molar-refractivity contribution in [2.75, 3.05) is 5.32 Å². The molecule has 2 rings (SSSR count). The molecule has 0 aliphatic carbocycles. The number of benzene rings is 1. The summed E-state index contributed by atoms with van der Waals surface area (Å²) in [5.41, 5.74) is 3.72. The van der Waals surface area contributed by atoms with Gasteiger partial charge in [-0.25, -0.2) is 0 Å². The summed E-state index contributed by atoms with van der Waals surface area (Å²) in [6, 6.07) is 7.90. The van der Waals surface area contributed by atoms with Gasteiger partial charge in [0.25, 0.3) is 0 Å². The van der Waals surface area contributed by atoms with Crippen LogP contribution < -0.4 is 5.32 Å². The Morgan fingerprint density at radius 2 is 2.38 bits per heavy atom. The van der Waals surface area contributed by atoms with E-state index in [9.17, 15) is 0 Å². The van der Waals surface area contributed by atoms with Gasteiger partial charge in [0.05, 0.1) is 17.4 Å². The predicted octanol–water partition coefficient (Wildman–Crippen LogP) is 2.20. The molecule has 2 aromatic rings. The first-order valence-corrected chi connectivity index (χ1v) is 5.02. The van der Waals surface area contributed by atoms with E-state index in [1.807, 2.05) is 31.3 Å². The third-order valence-corrected chi connectivity index (χ3v) is 2.33. The molecule has 0 amide bonds. The number of nitrogens with zero attached hydrogens (tertiary/aromatic N) is 2. The predicted molar refractivity (Wildman–Crippen MR) is 61.8 cm³/mol. The van der Waals surface area contributed by atoms with Crippen LogP contribution in [0.1, 0.15) is 16.7 Å². The Morgan fingerprint density at radius 1 is 1.50 bits per heavy atom.